The van der Waals surface area contributed by atoms with Gasteiger partial charge in [-0.2, -0.15) is 0 Å². The lowest BCUT2D eigenvalue weighted by Crippen LogP contribution is -2.35. The first-order valence-corrected chi connectivity index (χ1v) is 7.30. The lowest BCUT2D eigenvalue weighted by molar-refractivity contribution is -0.146. The Morgan fingerprint density at radius 3 is 2.71 bits per heavy atom. The third-order valence-corrected chi connectivity index (χ3v) is 4.17. The summed E-state index contributed by atoms with van der Waals surface area (Å²) < 4.78 is 0. The lowest BCUT2D eigenvalue weighted by atomic mass is 9.95. The minimum Gasteiger partial charge on any atom is -0.481 e. The molecule has 21 heavy (non-hydrogen) atoms. The molecule has 0 spiro atoms. The molecule has 2 rings (SSSR count). The Morgan fingerprint density at radius 1 is 1.38 bits per heavy atom. The van der Waals surface area contributed by atoms with Gasteiger partial charge in [0.05, 0.1) is 24.1 Å². The van der Waals surface area contributed by atoms with Crippen LogP contribution in [-0.2, 0) is 16.1 Å². The minimum absolute atomic E-state index is 0.186. The van der Waals surface area contributed by atoms with Crippen LogP contribution in [-0.4, -0.2) is 27.0 Å². The summed E-state index contributed by atoms with van der Waals surface area (Å²) in [4.78, 5) is 31.8. The average Bonchev–Trinajstić information content (AvgIpc) is 2.89. The van der Waals surface area contributed by atoms with Crippen LogP contribution in [0.3, 0.4) is 0 Å². The molecule has 1 fully saturated rings. The first-order valence-electron chi connectivity index (χ1n) is 7.30. The molecule has 1 amide bonds. The van der Waals surface area contributed by atoms with Gasteiger partial charge in [-0.3, -0.25) is 9.59 Å². The van der Waals surface area contributed by atoms with Crippen LogP contribution in [0.25, 0.3) is 0 Å². The van der Waals surface area contributed by atoms with Gasteiger partial charge in [0.1, 0.15) is 5.82 Å². The number of carbonyl (C=O) groups excluding carboxylic acids is 1. The highest BCUT2D eigenvalue weighted by molar-refractivity contribution is 5.85. The van der Waals surface area contributed by atoms with E-state index in [2.05, 4.69) is 15.3 Å². The molecule has 0 bridgehead atoms. The molecule has 2 N–H and O–H groups in total. The maximum Gasteiger partial charge on any atom is 0.307 e. The van der Waals surface area contributed by atoms with Gasteiger partial charge < -0.3 is 10.4 Å². The summed E-state index contributed by atoms with van der Waals surface area (Å²) in [5, 5.41) is 12.1. The van der Waals surface area contributed by atoms with Crippen LogP contribution in [0.2, 0.25) is 0 Å². The predicted octanol–water partition coefficient (Wildman–Crippen LogP) is 1.54. The number of nitrogens with one attached hydrogen (secondary N) is 1. The quantitative estimate of drug-likeness (QED) is 0.858. The molecule has 1 aromatic heterocycles. The van der Waals surface area contributed by atoms with E-state index in [1.807, 2.05) is 6.92 Å². The number of aliphatic carboxylic acids is 1. The standard InChI is InChI=1S/C15H21N3O3/c1-3-10-6-12(13(7-10)15(20)21)14(19)17-8-11-4-5-16-9(2)18-11/h4-5,10,12-13H,3,6-8H2,1-2H3,(H,17,19)(H,20,21)/t10?,12-,13+/m0/s1. The van der Waals surface area contributed by atoms with E-state index in [4.69, 9.17) is 0 Å². The first kappa shape index (κ1) is 15.4. The van der Waals surface area contributed by atoms with Crippen LogP contribution in [0, 0.1) is 24.7 Å². The van der Waals surface area contributed by atoms with Crippen LogP contribution in [0.5, 0.6) is 0 Å². The van der Waals surface area contributed by atoms with Gasteiger partial charge in [0.2, 0.25) is 5.91 Å². The van der Waals surface area contributed by atoms with E-state index >= 15 is 0 Å². The maximum absolute atomic E-state index is 12.3. The van der Waals surface area contributed by atoms with E-state index in [0.29, 0.717) is 31.1 Å². The van der Waals surface area contributed by atoms with Crippen molar-refractivity contribution in [1.29, 1.82) is 0 Å². The van der Waals surface area contributed by atoms with Crippen LogP contribution in [0.4, 0.5) is 0 Å². The number of rotatable bonds is 5. The van der Waals surface area contributed by atoms with Crippen molar-refractivity contribution in [3.63, 3.8) is 0 Å². The smallest absolute Gasteiger partial charge is 0.307 e. The molecule has 0 aromatic carbocycles. The SMILES string of the molecule is CCC1C[C@H](C(=O)NCc2ccnc(C)n2)[C@H](C(=O)O)C1. The number of hydrogen-bond acceptors (Lipinski definition) is 4. The summed E-state index contributed by atoms with van der Waals surface area (Å²) in [6.07, 6.45) is 3.81. The Kier molecular flexibility index (Phi) is 4.88. The molecule has 1 unspecified atom stereocenters. The number of aryl methyl sites for hydroxylation is 1. The molecule has 1 aliphatic rings. The molecule has 0 saturated heterocycles. The normalized spacial score (nSPS) is 24.8. The van der Waals surface area contributed by atoms with Crippen LogP contribution in [0.1, 0.15) is 37.7 Å². The van der Waals surface area contributed by atoms with Gasteiger partial charge >= 0.3 is 5.97 Å². The molecular weight excluding hydrogens is 270 g/mol. The summed E-state index contributed by atoms with van der Waals surface area (Å²) in [5.41, 5.74) is 0.729. The van der Waals surface area contributed by atoms with E-state index in [1.165, 1.54) is 0 Å². The molecule has 1 aliphatic carbocycles. The monoisotopic (exact) mass is 291 g/mol. The van der Waals surface area contributed by atoms with Crippen molar-refractivity contribution in [2.45, 2.75) is 39.7 Å². The fourth-order valence-electron chi connectivity index (χ4n) is 2.95. The second-order valence-electron chi connectivity index (χ2n) is 5.61. The van der Waals surface area contributed by atoms with Crippen molar-refractivity contribution in [1.82, 2.24) is 15.3 Å². The van der Waals surface area contributed by atoms with Crippen LogP contribution >= 0.6 is 0 Å². The molecule has 1 aromatic rings. The van der Waals surface area contributed by atoms with Crippen molar-refractivity contribution in [2.24, 2.45) is 17.8 Å². The van der Waals surface area contributed by atoms with Gasteiger partial charge in [0.25, 0.3) is 0 Å². The van der Waals surface area contributed by atoms with Gasteiger partial charge in [-0.15, -0.1) is 0 Å². The van der Waals surface area contributed by atoms with Crippen molar-refractivity contribution in [2.75, 3.05) is 0 Å². The Morgan fingerprint density at radius 2 is 2.10 bits per heavy atom. The van der Waals surface area contributed by atoms with Crippen LogP contribution < -0.4 is 5.32 Å². The highest BCUT2D eigenvalue weighted by atomic mass is 16.4. The molecular formula is C15H21N3O3. The first-order chi connectivity index (χ1) is 10.0. The molecule has 0 radical (unpaired) electrons. The van der Waals surface area contributed by atoms with E-state index in [9.17, 15) is 14.7 Å². The van der Waals surface area contributed by atoms with Crippen molar-refractivity contribution >= 4 is 11.9 Å². The topological polar surface area (TPSA) is 92.2 Å². The predicted molar refractivity (Wildman–Crippen MR) is 76.2 cm³/mol. The molecule has 1 heterocycles. The number of carboxylic acids is 1. The molecule has 3 atom stereocenters. The number of carbonyl (C=O) groups is 2. The Hall–Kier alpha value is -1.98. The summed E-state index contributed by atoms with van der Waals surface area (Å²) in [7, 11) is 0. The number of carboxylic acid groups (broad SMARTS) is 1. The highest BCUT2D eigenvalue weighted by Crippen LogP contribution is 2.38. The largest absolute Gasteiger partial charge is 0.481 e. The number of hydrogen-bond donors (Lipinski definition) is 2. The van der Waals surface area contributed by atoms with Gasteiger partial charge in [0, 0.05) is 6.20 Å². The third kappa shape index (κ3) is 3.77. The van der Waals surface area contributed by atoms with E-state index in [0.717, 1.165) is 12.1 Å². The Labute approximate surface area is 124 Å². The van der Waals surface area contributed by atoms with Crippen LogP contribution in [0.15, 0.2) is 12.3 Å². The highest BCUT2D eigenvalue weighted by Gasteiger charge is 2.41. The van der Waals surface area contributed by atoms with Gasteiger partial charge in [0.15, 0.2) is 0 Å². The lowest BCUT2D eigenvalue weighted by Gasteiger charge is -2.15. The Balaban J connectivity index is 1.97. The number of aromatic nitrogens is 2. The molecule has 0 aliphatic heterocycles. The molecule has 1 saturated carbocycles. The second kappa shape index (κ2) is 6.65. The van der Waals surface area contributed by atoms with Gasteiger partial charge in [-0.1, -0.05) is 13.3 Å². The molecule has 6 heteroatoms. The van der Waals surface area contributed by atoms with E-state index in [1.54, 1.807) is 19.2 Å². The van der Waals surface area contributed by atoms with Gasteiger partial charge in [-0.25, -0.2) is 9.97 Å². The molecule has 6 nitrogen and oxygen atoms in total. The maximum atomic E-state index is 12.3. The van der Waals surface area contributed by atoms with E-state index in [-0.39, 0.29) is 5.91 Å². The van der Waals surface area contributed by atoms with Gasteiger partial charge in [-0.05, 0) is 31.7 Å². The summed E-state index contributed by atoms with van der Waals surface area (Å²) >= 11 is 0. The van der Waals surface area contributed by atoms with Crippen molar-refractivity contribution in [3.05, 3.63) is 23.8 Å². The van der Waals surface area contributed by atoms with Crippen molar-refractivity contribution in [3.8, 4) is 0 Å². The van der Waals surface area contributed by atoms with Crippen molar-refractivity contribution < 1.29 is 14.7 Å². The van der Waals surface area contributed by atoms with E-state index < -0.39 is 17.8 Å². The zero-order valence-corrected chi connectivity index (χ0v) is 12.4. The fourth-order valence-corrected chi connectivity index (χ4v) is 2.95. The minimum atomic E-state index is -0.871. The molecule has 114 valence electrons. The summed E-state index contributed by atoms with van der Waals surface area (Å²) in [6.45, 7) is 4.13. The third-order valence-electron chi connectivity index (χ3n) is 4.17. The zero-order valence-electron chi connectivity index (χ0n) is 12.4. The Bertz CT molecular complexity index is 533. The summed E-state index contributed by atoms with van der Waals surface area (Å²) in [5.74, 6) is -1.09. The average molecular weight is 291 g/mol. The fraction of sp³-hybridized carbons (Fsp3) is 0.600. The summed E-state index contributed by atoms with van der Waals surface area (Å²) in [6, 6.07) is 1.74. The zero-order chi connectivity index (χ0) is 15.4. The number of nitrogens with zero attached hydrogens (tertiary/aromatic N) is 2. The second-order valence-corrected chi connectivity index (χ2v) is 5.61. The number of amides is 1.